The third kappa shape index (κ3) is 5.62. The van der Waals surface area contributed by atoms with E-state index < -0.39 is 0 Å². The van der Waals surface area contributed by atoms with Crippen molar-refractivity contribution in [3.8, 4) is 10.6 Å². The number of aryl methyl sites for hydroxylation is 1. The first-order valence-corrected chi connectivity index (χ1v) is 11.9. The molecule has 32 heavy (non-hydrogen) atoms. The van der Waals surface area contributed by atoms with Crippen LogP contribution in [0.5, 0.6) is 0 Å². The van der Waals surface area contributed by atoms with Crippen LogP contribution in [0.2, 0.25) is 0 Å². The van der Waals surface area contributed by atoms with Crippen molar-refractivity contribution in [2.24, 2.45) is 0 Å². The fraction of sp³-hybridized carbons (Fsp3) is 0.417. The predicted octanol–water partition coefficient (Wildman–Crippen LogP) is 4.06. The zero-order chi connectivity index (χ0) is 22.5. The van der Waals surface area contributed by atoms with Gasteiger partial charge in [-0.05, 0) is 38.7 Å². The molecule has 8 heteroatoms. The highest BCUT2D eigenvalue weighted by Crippen LogP contribution is 2.28. The molecule has 1 fully saturated rings. The fourth-order valence-corrected chi connectivity index (χ4v) is 4.89. The molecule has 7 nitrogen and oxygen atoms in total. The number of hydrogen-bond donors (Lipinski definition) is 2. The van der Waals surface area contributed by atoms with E-state index in [0.717, 1.165) is 52.6 Å². The Bertz CT molecular complexity index is 1040. The third-order valence-corrected chi connectivity index (χ3v) is 6.83. The molecule has 2 heterocycles. The Morgan fingerprint density at radius 3 is 2.50 bits per heavy atom. The Hall–Kier alpha value is -3.00. The summed E-state index contributed by atoms with van der Waals surface area (Å²) in [6.45, 7) is 2.04. The predicted molar refractivity (Wildman–Crippen MR) is 130 cm³/mol. The summed E-state index contributed by atoms with van der Waals surface area (Å²) < 4.78 is 0. The third-order valence-electron chi connectivity index (χ3n) is 5.77. The van der Waals surface area contributed by atoms with Crippen LogP contribution in [-0.4, -0.2) is 47.0 Å². The molecule has 4 rings (SSSR count). The van der Waals surface area contributed by atoms with E-state index in [4.69, 9.17) is 4.98 Å². The number of anilines is 2. The Labute approximate surface area is 193 Å². The van der Waals surface area contributed by atoms with Crippen LogP contribution in [0, 0.1) is 6.92 Å². The number of rotatable bonds is 7. The first-order chi connectivity index (χ1) is 15.5. The largest absolute Gasteiger partial charge is 0.363 e. The Kier molecular flexibility index (Phi) is 6.99. The second kappa shape index (κ2) is 10.1. The lowest BCUT2D eigenvalue weighted by atomic mass is 9.91. The van der Waals surface area contributed by atoms with Gasteiger partial charge in [0, 0.05) is 42.8 Å². The molecule has 0 unspecified atom stereocenters. The molecule has 1 amide bonds. The van der Waals surface area contributed by atoms with E-state index in [9.17, 15) is 4.79 Å². The molecule has 0 spiro atoms. The monoisotopic (exact) mass is 450 g/mol. The molecule has 2 N–H and O–H groups in total. The van der Waals surface area contributed by atoms with Gasteiger partial charge >= 0.3 is 0 Å². The number of benzene rings is 1. The second-order valence-corrected chi connectivity index (χ2v) is 9.66. The van der Waals surface area contributed by atoms with Gasteiger partial charge < -0.3 is 15.5 Å². The Morgan fingerprint density at radius 2 is 1.78 bits per heavy atom. The van der Waals surface area contributed by atoms with Crippen LogP contribution in [0.3, 0.4) is 0 Å². The average Bonchev–Trinajstić information content (AvgIpc) is 3.16. The highest BCUT2D eigenvalue weighted by molar-refractivity contribution is 7.15. The number of thiazole rings is 1. The quantitative estimate of drug-likeness (QED) is 0.565. The van der Waals surface area contributed by atoms with Crippen LogP contribution < -0.4 is 15.5 Å². The summed E-state index contributed by atoms with van der Waals surface area (Å²) in [5.41, 5.74) is 1.97. The van der Waals surface area contributed by atoms with Crippen molar-refractivity contribution in [3.63, 3.8) is 0 Å². The van der Waals surface area contributed by atoms with Crippen molar-refractivity contribution >= 4 is 29.0 Å². The van der Waals surface area contributed by atoms with Gasteiger partial charge in [-0.3, -0.25) is 4.79 Å². The SMILES string of the molecule is Cc1sc(-c2ccccc2)nc1CC(=O)NC1CCC(Nc2nccc(N(C)C)n2)CC1. The number of aromatic nitrogens is 3. The maximum Gasteiger partial charge on any atom is 0.226 e. The highest BCUT2D eigenvalue weighted by atomic mass is 32.1. The van der Waals surface area contributed by atoms with E-state index >= 15 is 0 Å². The van der Waals surface area contributed by atoms with Gasteiger partial charge in [-0.15, -0.1) is 11.3 Å². The summed E-state index contributed by atoms with van der Waals surface area (Å²) in [4.78, 5) is 29.3. The molecule has 0 radical (unpaired) electrons. The van der Waals surface area contributed by atoms with Gasteiger partial charge in [0.25, 0.3) is 0 Å². The van der Waals surface area contributed by atoms with E-state index in [0.29, 0.717) is 18.4 Å². The minimum absolute atomic E-state index is 0.0523. The molecule has 0 atom stereocenters. The maximum atomic E-state index is 12.7. The topological polar surface area (TPSA) is 83.0 Å². The minimum atomic E-state index is 0.0523. The van der Waals surface area contributed by atoms with Gasteiger partial charge in [-0.25, -0.2) is 9.97 Å². The Balaban J connectivity index is 1.26. The van der Waals surface area contributed by atoms with Crippen LogP contribution >= 0.6 is 11.3 Å². The average molecular weight is 451 g/mol. The van der Waals surface area contributed by atoms with E-state index in [-0.39, 0.29) is 11.9 Å². The van der Waals surface area contributed by atoms with Crippen LogP contribution in [-0.2, 0) is 11.2 Å². The second-order valence-electron chi connectivity index (χ2n) is 8.46. The summed E-state index contributed by atoms with van der Waals surface area (Å²) in [5, 5.41) is 7.63. The number of nitrogens with zero attached hydrogens (tertiary/aromatic N) is 4. The van der Waals surface area contributed by atoms with Crippen LogP contribution in [0.1, 0.15) is 36.3 Å². The van der Waals surface area contributed by atoms with Gasteiger partial charge in [-0.2, -0.15) is 4.98 Å². The van der Waals surface area contributed by atoms with Gasteiger partial charge in [0.15, 0.2) is 0 Å². The first-order valence-electron chi connectivity index (χ1n) is 11.1. The van der Waals surface area contributed by atoms with Crippen LogP contribution in [0.4, 0.5) is 11.8 Å². The van der Waals surface area contributed by atoms with Crippen LogP contribution in [0.25, 0.3) is 10.6 Å². The molecule has 0 bridgehead atoms. The lowest BCUT2D eigenvalue weighted by Gasteiger charge is -2.29. The zero-order valence-electron chi connectivity index (χ0n) is 18.8. The van der Waals surface area contributed by atoms with Crippen molar-refractivity contribution in [3.05, 3.63) is 53.2 Å². The van der Waals surface area contributed by atoms with E-state index in [1.165, 1.54) is 0 Å². The van der Waals surface area contributed by atoms with Crippen molar-refractivity contribution in [2.45, 2.75) is 51.1 Å². The molecular weight excluding hydrogens is 420 g/mol. The minimum Gasteiger partial charge on any atom is -0.363 e. The molecule has 0 aliphatic heterocycles. The van der Waals surface area contributed by atoms with Crippen molar-refractivity contribution in [1.29, 1.82) is 0 Å². The van der Waals surface area contributed by atoms with Gasteiger partial charge in [0.1, 0.15) is 10.8 Å². The van der Waals surface area contributed by atoms with E-state index in [1.54, 1.807) is 17.5 Å². The standard InChI is InChI=1S/C24H30N6OS/c1-16-20(28-23(32-16)17-7-5-4-6-8-17)15-22(31)26-18-9-11-19(12-10-18)27-24-25-14-13-21(29-24)30(2)3/h4-8,13-14,18-19H,9-12,15H2,1-3H3,(H,26,31)(H,25,27,29). The maximum absolute atomic E-state index is 12.7. The van der Waals surface area contributed by atoms with E-state index in [2.05, 4.69) is 32.7 Å². The van der Waals surface area contributed by atoms with Crippen molar-refractivity contribution in [1.82, 2.24) is 20.3 Å². The highest BCUT2D eigenvalue weighted by Gasteiger charge is 2.23. The molecule has 1 aromatic carbocycles. The molecule has 168 valence electrons. The molecular formula is C24H30N6OS. The Morgan fingerprint density at radius 1 is 1.06 bits per heavy atom. The summed E-state index contributed by atoms with van der Waals surface area (Å²) in [6.07, 6.45) is 5.96. The summed E-state index contributed by atoms with van der Waals surface area (Å²) in [5.74, 6) is 1.60. The van der Waals surface area contributed by atoms with Crippen molar-refractivity contribution in [2.75, 3.05) is 24.3 Å². The smallest absolute Gasteiger partial charge is 0.226 e. The lowest BCUT2D eigenvalue weighted by molar-refractivity contribution is -0.121. The molecule has 1 saturated carbocycles. The molecule has 0 saturated heterocycles. The first kappa shape index (κ1) is 22.2. The van der Waals surface area contributed by atoms with Gasteiger partial charge in [0.05, 0.1) is 12.1 Å². The molecule has 1 aliphatic carbocycles. The number of hydrogen-bond acceptors (Lipinski definition) is 7. The lowest BCUT2D eigenvalue weighted by Crippen LogP contribution is -2.41. The van der Waals surface area contributed by atoms with Gasteiger partial charge in [0.2, 0.25) is 11.9 Å². The van der Waals surface area contributed by atoms with Crippen LogP contribution in [0.15, 0.2) is 42.6 Å². The zero-order valence-corrected chi connectivity index (χ0v) is 19.7. The summed E-state index contributed by atoms with van der Waals surface area (Å²) in [6, 6.07) is 12.5. The molecule has 1 aliphatic rings. The van der Waals surface area contributed by atoms with E-state index in [1.807, 2.05) is 50.2 Å². The van der Waals surface area contributed by atoms with Gasteiger partial charge in [-0.1, -0.05) is 30.3 Å². The summed E-state index contributed by atoms with van der Waals surface area (Å²) in [7, 11) is 3.94. The number of carbonyl (C=O) groups excluding carboxylic acids is 1. The van der Waals surface area contributed by atoms with Crippen molar-refractivity contribution < 1.29 is 4.79 Å². The normalized spacial score (nSPS) is 18.2. The summed E-state index contributed by atoms with van der Waals surface area (Å²) >= 11 is 1.65. The number of amides is 1. The number of nitrogens with one attached hydrogen (secondary N) is 2. The molecule has 3 aromatic rings. The number of carbonyl (C=O) groups is 1. The fourth-order valence-electron chi connectivity index (χ4n) is 3.96. The molecule has 2 aromatic heterocycles.